The van der Waals surface area contributed by atoms with Crippen molar-refractivity contribution >= 4 is 38.2 Å². The second-order valence-electron chi connectivity index (χ2n) is 7.75. The fraction of sp³-hybridized carbons (Fsp3) is 0.304. The zero-order valence-electron chi connectivity index (χ0n) is 17.2. The molecule has 31 heavy (non-hydrogen) atoms. The number of nitrogens with one attached hydrogen (secondary N) is 1. The number of aromatic nitrogens is 1. The van der Waals surface area contributed by atoms with Gasteiger partial charge in [-0.1, -0.05) is 36.4 Å². The number of para-hydroxylation sites is 2. The number of benzene rings is 2. The first-order chi connectivity index (χ1) is 14.9. The van der Waals surface area contributed by atoms with Crippen LogP contribution in [0.3, 0.4) is 0 Å². The molecular formula is C23H25N3O4S. The number of rotatable bonds is 6. The molecule has 2 amide bonds. The summed E-state index contributed by atoms with van der Waals surface area (Å²) in [5, 5.41) is 3.13. The predicted octanol–water partition coefficient (Wildman–Crippen LogP) is 3.07. The van der Waals surface area contributed by atoms with Crippen LogP contribution in [-0.4, -0.2) is 48.5 Å². The Morgan fingerprint density at radius 3 is 2.32 bits per heavy atom. The monoisotopic (exact) mass is 439 g/mol. The summed E-state index contributed by atoms with van der Waals surface area (Å²) in [5.41, 5.74) is 1.20. The molecule has 162 valence electrons. The van der Waals surface area contributed by atoms with E-state index in [1.165, 1.54) is 6.20 Å². The largest absolute Gasteiger partial charge is 0.341 e. The minimum absolute atomic E-state index is 0.0220. The number of amides is 2. The molecule has 0 bridgehead atoms. The Kier molecular flexibility index (Phi) is 6.08. The molecule has 1 N–H and O–H groups in total. The van der Waals surface area contributed by atoms with Gasteiger partial charge in [0.2, 0.25) is 11.8 Å². The Morgan fingerprint density at radius 2 is 1.58 bits per heavy atom. The van der Waals surface area contributed by atoms with Gasteiger partial charge < -0.3 is 14.8 Å². The van der Waals surface area contributed by atoms with Crippen LogP contribution in [0, 0.1) is 0 Å². The third-order valence-electron chi connectivity index (χ3n) is 5.48. The van der Waals surface area contributed by atoms with Gasteiger partial charge in [0, 0.05) is 35.9 Å². The summed E-state index contributed by atoms with van der Waals surface area (Å²) in [6, 6.07) is 15.8. The molecule has 0 atom stereocenters. The highest BCUT2D eigenvalue weighted by atomic mass is 32.2. The van der Waals surface area contributed by atoms with Crippen molar-refractivity contribution in [2.75, 3.05) is 24.2 Å². The Hall–Kier alpha value is -3.13. The van der Waals surface area contributed by atoms with Gasteiger partial charge in [-0.2, -0.15) is 0 Å². The van der Waals surface area contributed by atoms with Crippen molar-refractivity contribution in [3.05, 3.63) is 60.8 Å². The Bertz CT molecular complexity index is 1200. The molecule has 0 unspecified atom stereocenters. The molecule has 0 spiro atoms. The highest BCUT2D eigenvalue weighted by Gasteiger charge is 2.26. The van der Waals surface area contributed by atoms with Gasteiger partial charge in [0.05, 0.1) is 4.90 Å². The van der Waals surface area contributed by atoms with E-state index in [9.17, 15) is 18.0 Å². The zero-order valence-corrected chi connectivity index (χ0v) is 18.0. The molecule has 1 aromatic heterocycles. The molecule has 2 heterocycles. The van der Waals surface area contributed by atoms with Crippen LogP contribution in [0.25, 0.3) is 10.9 Å². The normalized spacial score (nSPS) is 14.5. The summed E-state index contributed by atoms with van der Waals surface area (Å²) in [6.07, 6.45) is 4.60. The fourth-order valence-corrected chi connectivity index (χ4v) is 5.32. The molecule has 1 aliphatic heterocycles. The highest BCUT2D eigenvalue weighted by Crippen LogP contribution is 2.27. The molecule has 0 radical (unpaired) electrons. The molecule has 1 fully saturated rings. The lowest BCUT2D eigenvalue weighted by molar-refractivity contribution is -0.132. The van der Waals surface area contributed by atoms with E-state index in [1.807, 2.05) is 17.0 Å². The topological polar surface area (TPSA) is 88.5 Å². The number of nitrogens with zero attached hydrogens (tertiary/aromatic N) is 2. The zero-order chi connectivity index (χ0) is 21.8. The summed E-state index contributed by atoms with van der Waals surface area (Å²) < 4.78 is 27.8. The molecule has 3 aromatic rings. The number of likely N-dealkylation sites (tertiary alicyclic amines) is 1. The first-order valence-electron chi connectivity index (χ1n) is 10.4. The average Bonchev–Trinajstić information content (AvgIpc) is 3.14. The van der Waals surface area contributed by atoms with E-state index in [1.54, 1.807) is 47.0 Å². The quantitative estimate of drug-likeness (QED) is 0.639. The molecule has 2 aromatic carbocycles. The predicted molar refractivity (Wildman–Crippen MR) is 119 cm³/mol. The number of carbonyl (C=O) groups is 2. The maximum Gasteiger partial charge on any atom is 0.242 e. The maximum atomic E-state index is 13.1. The van der Waals surface area contributed by atoms with Crippen molar-refractivity contribution in [3.63, 3.8) is 0 Å². The summed E-state index contributed by atoms with van der Waals surface area (Å²) in [5.74, 6) is -1.30. The van der Waals surface area contributed by atoms with E-state index in [2.05, 4.69) is 5.32 Å². The molecule has 7 nitrogen and oxygen atoms in total. The minimum Gasteiger partial charge on any atom is -0.341 e. The van der Waals surface area contributed by atoms with Crippen molar-refractivity contribution in [2.45, 2.75) is 30.7 Å². The van der Waals surface area contributed by atoms with Gasteiger partial charge in [0.15, 0.2) is 9.84 Å². The maximum absolute atomic E-state index is 13.1. The average molecular weight is 440 g/mol. The second kappa shape index (κ2) is 8.93. The Morgan fingerprint density at radius 1 is 0.903 bits per heavy atom. The van der Waals surface area contributed by atoms with E-state index >= 15 is 0 Å². The van der Waals surface area contributed by atoms with Crippen molar-refractivity contribution in [1.82, 2.24) is 9.47 Å². The van der Waals surface area contributed by atoms with E-state index in [0.29, 0.717) is 16.6 Å². The van der Waals surface area contributed by atoms with E-state index in [4.69, 9.17) is 0 Å². The first kappa shape index (κ1) is 21.1. The van der Waals surface area contributed by atoms with Gasteiger partial charge in [-0.15, -0.1) is 0 Å². The lowest BCUT2D eigenvalue weighted by Crippen LogP contribution is -2.37. The standard InChI is InChI=1S/C23H25N3O4S/c27-22(24-18-9-3-1-4-10-18)17-31(29,30)21-15-26(20-12-6-5-11-19(20)21)16-23(28)25-13-7-2-8-14-25/h1,3-6,9-12,15H,2,7-8,13-14,16-17H2,(H,24,27). The van der Waals surface area contributed by atoms with Crippen LogP contribution in [0.15, 0.2) is 65.7 Å². The molecule has 0 aliphatic carbocycles. The van der Waals surface area contributed by atoms with Crippen molar-refractivity contribution in [1.29, 1.82) is 0 Å². The summed E-state index contributed by atoms with van der Waals surface area (Å²) >= 11 is 0. The molecular weight excluding hydrogens is 414 g/mol. The smallest absolute Gasteiger partial charge is 0.242 e. The van der Waals surface area contributed by atoms with Crippen molar-refractivity contribution in [3.8, 4) is 0 Å². The van der Waals surface area contributed by atoms with E-state index in [-0.39, 0.29) is 17.3 Å². The van der Waals surface area contributed by atoms with Crippen LogP contribution in [0.1, 0.15) is 19.3 Å². The number of piperidine rings is 1. The molecule has 1 aliphatic rings. The highest BCUT2D eigenvalue weighted by molar-refractivity contribution is 7.92. The third kappa shape index (κ3) is 4.80. The molecule has 4 rings (SSSR count). The van der Waals surface area contributed by atoms with Gasteiger partial charge in [-0.3, -0.25) is 9.59 Å². The van der Waals surface area contributed by atoms with Crippen LogP contribution in [0.4, 0.5) is 5.69 Å². The fourth-order valence-electron chi connectivity index (χ4n) is 3.95. The van der Waals surface area contributed by atoms with Gasteiger partial charge >= 0.3 is 0 Å². The van der Waals surface area contributed by atoms with E-state index in [0.717, 1.165) is 32.4 Å². The summed E-state index contributed by atoms with van der Waals surface area (Å²) in [6.45, 7) is 1.55. The SMILES string of the molecule is O=C(CS(=O)(=O)c1cn(CC(=O)N2CCCCC2)c2ccccc12)Nc1ccccc1. The van der Waals surface area contributed by atoms with Crippen molar-refractivity contribution in [2.24, 2.45) is 0 Å². The van der Waals surface area contributed by atoms with Gasteiger partial charge in [-0.05, 0) is 37.5 Å². The van der Waals surface area contributed by atoms with Crippen LogP contribution in [0.5, 0.6) is 0 Å². The summed E-state index contributed by atoms with van der Waals surface area (Å²) in [7, 11) is -3.90. The number of carbonyl (C=O) groups excluding carboxylic acids is 2. The van der Waals surface area contributed by atoms with Crippen LogP contribution in [-0.2, 0) is 26.0 Å². The number of anilines is 1. The lowest BCUT2D eigenvalue weighted by Gasteiger charge is -2.27. The molecule has 0 saturated carbocycles. The summed E-state index contributed by atoms with van der Waals surface area (Å²) in [4.78, 5) is 27.0. The third-order valence-corrected chi connectivity index (χ3v) is 7.12. The second-order valence-corrected chi connectivity index (χ2v) is 9.71. The van der Waals surface area contributed by atoms with Gasteiger partial charge in [0.1, 0.15) is 12.3 Å². The lowest BCUT2D eigenvalue weighted by atomic mass is 10.1. The van der Waals surface area contributed by atoms with Crippen molar-refractivity contribution < 1.29 is 18.0 Å². The number of hydrogen-bond acceptors (Lipinski definition) is 4. The number of sulfone groups is 1. The van der Waals surface area contributed by atoms with Crippen LogP contribution < -0.4 is 5.32 Å². The Balaban J connectivity index is 1.58. The van der Waals surface area contributed by atoms with Gasteiger partial charge in [0.25, 0.3) is 0 Å². The van der Waals surface area contributed by atoms with Gasteiger partial charge in [-0.25, -0.2) is 8.42 Å². The molecule has 8 heteroatoms. The molecule has 1 saturated heterocycles. The minimum atomic E-state index is -3.90. The first-order valence-corrected chi connectivity index (χ1v) is 12.0. The van der Waals surface area contributed by atoms with Crippen LogP contribution in [0.2, 0.25) is 0 Å². The van der Waals surface area contributed by atoms with Crippen LogP contribution >= 0.6 is 0 Å². The van der Waals surface area contributed by atoms with E-state index < -0.39 is 21.5 Å². The Labute approximate surface area is 181 Å². The number of hydrogen-bond donors (Lipinski definition) is 1. The number of fused-ring (bicyclic) bond motifs is 1.